The van der Waals surface area contributed by atoms with Gasteiger partial charge in [-0.15, -0.1) is 0 Å². The first kappa shape index (κ1) is 13.5. The van der Waals surface area contributed by atoms with Gasteiger partial charge in [-0.2, -0.15) is 14.0 Å². The van der Waals surface area contributed by atoms with E-state index in [9.17, 15) is 21.6 Å². The summed E-state index contributed by atoms with van der Waals surface area (Å²) in [6, 6.07) is 5.00. The van der Waals surface area contributed by atoms with E-state index in [-0.39, 0.29) is 11.1 Å². The molecule has 1 N–H and O–H groups in total. The zero-order chi connectivity index (χ0) is 13.1. The number of benzene rings is 1. The number of halogens is 3. The number of nitriles is 1. The molecule has 1 rings (SSSR count). The standard InChI is InChI=1S/C9H7F3N2O2S/c10-8-3-6(4-13)1-2-7(8)5-14-17(15,16)9(11)12/h1-3,9,14H,5H2. The zero-order valence-electron chi connectivity index (χ0n) is 8.32. The Morgan fingerprint density at radius 1 is 1.41 bits per heavy atom. The molecular weight excluding hydrogens is 257 g/mol. The van der Waals surface area contributed by atoms with Gasteiger partial charge in [0.25, 0.3) is 10.0 Å². The van der Waals surface area contributed by atoms with Crippen LogP contribution >= 0.6 is 0 Å². The summed E-state index contributed by atoms with van der Waals surface area (Å²) in [5.41, 5.74) is -0.0591. The lowest BCUT2D eigenvalue weighted by atomic mass is 10.1. The van der Waals surface area contributed by atoms with Gasteiger partial charge in [-0.05, 0) is 12.1 Å². The quantitative estimate of drug-likeness (QED) is 0.892. The van der Waals surface area contributed by atoms with Gasteiger partial charge in [-0.3, -0.25) is 0 Å². The van der Waals surface area contributed by atoms with Crippen LogP contribution in [0.2, 0.25) is 0 Å². The van der Waals surface area contributed by atoms with E-state index >= 15 is 0 Å². The first-order valence-corrected chi connectivity index (χ1v) is 5.86. The second-order valence-corrected chi connectivity index (χ2v) is 4.78. The van der Waals surface area contributed by atoms with Crippen molar-refractivity contribution >= 4 is 10.0 Å². The molecule has 0 aromatic heterocycles. The van der Waals surface area contributed by atoms with Crippen molar-refractivity contribution in [1.29, 1.82) is 5.26 Å². The van der Waals surface area contributed by atoms with Crippen molar-refractivity contribution in [2.45, 2.75) is 12.3 Å². The number of nitrogens with zero attached hydrogens (tertiary/aromatic N) is 1. The number of sulfonamides is 1. The highest BCUT2D eigenvalue weighted by Gasteiger charge is 2.23. The van der Waals surface area contributed by atoms with Crippen molar-refractivity contribution in [1.82, 2.24) is 4.72 Å². The molecule has 0 aliphatic heterocycles. The van der Waals surface area contributed by atoms with Crippen molar-refractivity contribution in [3.63, 3.8) is 0 Å². The van der Waals surface area contributed by atoms with Crippen LogP contribution in [0.4, 0.5) is 13.2 Å². The number of hydrogen-bond donors (Lipinski definition) is 1. The van der Waals surface area contributed by atoms with Gasteiger partial charge < -0.3 is 0 Å². The average molecular weight is 264 g/mol. The van der Waals surface area contributed by atoms with Gasteiger partial charge in [0.1, 0.15) is 5.82 Å². The van der Waals surface area contributed by atoms with Crippen molar-refractivity contribution in [2.24, 2.45) is 0 Å². The summed E-state index contributed by atoms with van der Waals surface area (Å²) >= 11 is 0. The fourth-order valence-corrected chi connectivity index (χ4v) is 1.48. The molecule has 1 aromatic rings. The molecule has 0 aliphatic rings. The summed E-state index contributed by atoms with van der Waals surface area (Å²) in [6.07, 6.45) is 0. The molecule has 0 unspecified atom stereocenters. The third-order valence-electron chi connectivity index (χ3n) is 1.88. The van der Waals surface area contributed by atoms with Gasteiger partial charge in [-0.25, -0.2) is 17.5 Å². The molecule has 0 aliphatic carbocycles. The molecule has 0 fully saturated rings. The predicted molar refractivity (Wildman–Crippen MR) is 52.9 cm³/mol. The molecule has 0 saturated heterocycles. The van der Waals surface area contributed by atoms with Crippen molar-refractivity contribution in [3.05, 3.63) is 35.1 Å². The molecule has 8 heteroatoms. The Balaban J connectivity index is 2.82. The van der Waals surface area contributed by atoms with Gasteiger partial charge in [0.15, 0.2) is 0 Å². The summed E-state index contributed by atoms with van der Waals surface area (Å²) in [7, 11) is -4.74. The van der Waals surface area contributed by atoms with Gasteiger partial charge >= 0.3 is 5.76 Å². The fraction of sp³-hybridized carbons (Fsp3) is 0.222. The Hall–Kier alpha value is -1.59. The van der Waals surface area contributed by atoms with Gasteiger partial charge in [0.2, 0.25) is 0 Å². The fourth-order valence-electron chi connectivity index (χ4n) is 1.00. The van der Waals surface area contributed by atoms with Crippen molar-refractivity contribution < 1.29 is 21.6 Å². The predicted octanol–water partition coefficient (Wildman–Crippen LogP) is 1.34. The highest BCUT2D eigenvalue weighted by atomic mass is 32.2. The van der Waals surface area contributed by atoms with Crippen molar-refractivity contribution in [2.75, 3.05) is 0 Å². The molecule has 0 bridgehead atoms. The Labute approximate surface area is 95.7 Å². The summed E-state index contributed by atoms with van der Waals surface area (Å²) < 4.78 is 60.1. The van der Waals surface area contributed by atoms with Crippen LogP contribution in [-0.2, 0) is 16.6 Å². The van der Waals surface area contributed by atoms with Crippen LogP contribution in [0.5, 0.6) is 0 Å². The van der Waals surface area contributed by atoms with E-state index in [2.05, 4.69) is 0 Å². The van der Waals surface area contributed by atoms with E-state index in [1.807, 2.05) is 0 Å². The van der Waals surface area contributed by atoms with Crippen LogP contribution in [0.3, 0.4) is 0 Å². The van der Waals surface area contributed by atoms with E-state index in [1.54, 1.807) is 10.8 Å². The minimum atomic E-state index is -4.74. The van der Waals surface area contributed by atoms with Crippen LogP contribution in [-0.4, -0.2) is 14.2 Å². The van der Waals surface area contributed by atoms with Gasteiger partial charge in [-0.1, -0.05) is 6.07 Å². The van der Waals surface area contributed by atoms with E-state index in [0.717, 1.165) is 12.1 Å². The Morgan fingerprint density at radius 3 is 2.53 bits per heavy atom. The first-order chi connectivity index (χ1) is 7.86. The summed E-state index contributed by atoms with van der Waals surface area (Å²) in [5.74, 6) is -4.40. The zero-order valence-corrected chi connectivity index (χ0v) is 9.14. The second-order valence-electron chi connectivity index (χ2n) is 3.04. The number of alkyl halides is 2. The van der Waals surface area contributed by atoms with E-state index < -0.39 is 28.1 Å². The molecule has 0 heterocycles. The molecule has 4 nitrogen and oxygen atoms in total. The molecule has 0 spiro atoms. The van der Waals surface area contributed by atoms with Crippen LogP contribution in [0, 0.1) is 17.1 Å². The van der Waals surface area contributed by atoms with Crippen LogP contribution in [0.1, 0.15) is 11.1 Å². The largest absolute Gasteiger partial charge is 0.350 e. The lowest BCUT2D eigenvalue weighted by Crippen LogP contribution is -2.29. The maximum Gasteiger partial charge on any atom is 0.350 e. The van der Waals surface area contributed by atoms with E-state index in [1.165, 1.54) is 6.07 Å². The van der Waals surface area contributed by atoms with Crippen LogP contribution in [0.25, 0.3) is 0 Å². The van der Waals surface area contributed by atoms with Crippen LogP contribution in [0.15, 0.2) is 18.2 Å². The maximum atomic E-state index is 13.2. The first-order valence-electron chi connectivity index (χ1n) is 4.32. The molecule has 92 valence electrons. The molecule has 17 heavy (non-hydrogen) atoms. The van der Waals surface area contributed by atoms with E-state index in [4.69, 9.17) is 5.26 Å². The molecule has 0 amide bonds. The third kappa shape index (κ3) is 3.44. The highest BCUT2D eigenvalue weighted by Crippen LogP contribution is 2.11. The lowest BCUT2D eigenvalue weighted by molar-refractivity contribution is 0.232. The van der Waals surface area contributed by atoms with Crippen molar-refractivity contribution in [3.8, 4) is 6.07 Å². The van der Waals surface area contributed by atoms with E-state index in [0.29, 0.717) is 0 Å². The third-order valence-corrected chi connectivity index (χ3v) is 2.90. The lowest BCUT2D eigenvalue weighted by Gasteiger charge is -2.06. The summed E-state index contributed by atoms with van der Waals surface area (Å²) in [5, 5.41) is 8.46. The molecule has 0 atom stereocenters. The molecule has 0 saturated carbocycles. The average Bonchev–Trinajstić information content (AvgIpc) is 2.27. The second kappa shape index (κ2) is 5.16. The molecular formula is C9H7F3N2O2S. The normalized spacial score (nSPS) is 11.5. The minimum absolute atomic E-state index is 0.0583. The van der Waals surface area contributed by atoms with Gasteiger partial charge in [0, 0.05) is 12.1 Å². The monoisotopic (exact) mass is 264 g/mol. The maximum absolute atomic E-state index is 13.2. The number of rotatable bonds is 4. The topological polar surface area (TPSA) is 70.0 Å². The Bertz CT molecular complexity index is 552. The number of hydrogen-bond acceptors (Lipinski definition) is 3. The Morgan fingerprint density at radius 2 is 2.06 bits per heavy atom. The van der Waals surface area contributed by atoms with Crippen LogP contribution < -0.4 is 4.72 Å². The smallest absolute Gasteiger partial charge is 0.207 e. The Kier molecular flexibility index (Phi) is 4.09. The number of nitrogens with one attached hydrogen (secondary N) is 1. The SMILES string of the molecule is N#Cc1ccc(CNS(=O)(=O)C(F)F)c(F)c1. The summed E-state index contributed by atoms with van der Waals surface area (Å²) in [6.45, 7) is -0.593. The highest BCUT2D eigenvalue weighted by molar-refractivity contribution is 7.89. The van der Waals surface area contributed by atoms with Gasteiger partial charge in [0.05, 0.1) is 11.6 Å². The molecule has 1 aromatic carbocycles. The summed E-state index contributed by atoms with van der Waals surface area (Å²) in [4.78, 5) is 0. The molecule has 0 radical (unpaired) electrons. The minimum Gasteiger partial charge on any atom is -0.207 e.